The van der Waals surface area contributed by atoms with E-state index in [-0.39, 0.29) is 0 Å². The number of benzene rings is 2. The third kappa shape index (κ3) is 4.96. The predicted octanol–water partition coefficient (Wildman–Crippen LogP) is 4.24. The molecule has 6 nitrogen and oxygen atoms in total. The van der Waals surface area contributed by atoms with Gasteiger partial charge in [-0.3, -0.25) is 0 Å². The molecule has 2 aromatic carbocycles. The predicted molar refractivity (Wildman–Crippen MR) is 116 cm³/mol. The van der Waals surface area contributed by atoms with Gasteiger partial charge in [-0.1, -0.05) is 30.3 Å². The van der Waals surface area contributed by atoms with E-state index in [1.54, 1.807) is 7.11 Å². The molecule has 0 radical (unpaired) electrons. The number of nitrogens with zero attached hydrogens (tertiary/aromatic N) is 3. The number of nitrogens with one attached hydrogen (secondary N) is 1. The number of hydrogen-bond acceptors (Lipinski definition) is 6. The van der Waals surface area contributed by atoms with Crippen LogP contribution in [0.15, 0.2) is 60.7 Å². The molecular weight excluding hydrogens is 364 g/mol. The summed E-state index contributed by atoms with van der Waals surface area (Å²) in [5.41, 5.74) is 1.02. The van der Waals surface area contributed by atoms with Crippen molar-refractivity contribution in [2.75, 3.05) is 43.6 Å². The summed E-state index contributed by atoms with van der Waals surface area (Å²) in [4.78, 5) is 11.9. The molecule has 0 aliphatic carbocycles. The van der Waals surface area contributed by atoms with Gasteiger partial charge in [0, 0.05) is 24.7 Å². The van der Waals surface area contributed by atoms with Crippen LogP contribution in [0.5, 0.6) is 11.5 Å². The highest BCUT2D eigenvalue weighted by atomic mass is 16.5. The molecule has 2 heterocycles. The number of anilines is 2. The van der Waals surface area contributed by atoms with Crippen LogP contribution in [0.4, 0.5) is 11.6 Å². The van der Waals surface area contributed by atoms with Crippen LogP contribution in [0.25, 0.3) is 11.4 Å². The minimum atomic E-state index is 0.538. The van der Waals surface area contributed by atoms with Crippen LogP contribution in [0, 0.1) is 0 Å². The van der Waals surface area contributed by atoms with Crippen LogP contribution >= 0.6 is 0 Å². The molecule has 0 atom stereocenters. The summed E-state index contributed by atoms with van der Waals surface area (Å²) < 4.78 is 11.0. The number of ether oxygens (including phenoxy) is 2. The van der Waals surface area contributed by atoms with E-state index in [0.717, 1.165) is 47.6 Å². The Labute approximate surface area is 171 Å². The van der Waals surface area contributed by atoms with Crippen molar-refractivity contribution in [3.63, 3.8) is 0 Å². The highest BCUT2D eigenvalue weighted by Crippen LogP contribution is 2.25. The average molecular weight is 390 g/mol. The highest BCUT2D eigenvalue weighted by Gasteiger charge is 2.16. The molecule has 29 heavy (non-hydrogen) atoms. The van der Waals surface area contributed by atoms with Gasteiger partial charge in [0.1, 0.15) is 29.7 Å². The van der Waals surface area contributed by atoms with E-state index >= 15 is 0 Å². The second-order valence-corrected chi connectivity index (χ2v) is 6.95. The van der Waals surface area contributed by atoms with Gasteiger partial charge in [-0.05, 0) is 37.1 Å². The number of rotatable bonds is 8. The minimum Gasteiger partial charge on any atom is -0.497 e. The molecule has 0 unspecified atom stereocenters. The molecule has 1 aliphatic heterocycles. The van der Waals surface area contributed by atoms with E-state index < -0.39 is 0 Å². The van der Waals surface area contributed by atoms with Crippen LogP contribution in [-0.2, 0) is 0 Å². The van der Waals surface area contributed by atoms with E-state index in [9.17, 15) is 0 Å². The second-order valence-electron chi connectivity index (χ2n) is 6.95. The zero-order valence-corrected chi connectivity index (χ0v) is 16.7. The van der Waals surface area contributed by atoms with Gasteiger partial charge < -0.3 is 19.7 Å². The maximum Gasteiger partial charge on any atom is 0.163 e. The number of aromatic nitrogens is 2. The zero-order chi connectivity index (χ0) is 19.9. The molecular formula is C23H26N4O2. The summed E-state index contributed by atoms with van der Waals surface area (Å²) in [7, 11) is 1.65. The Morgan fingerprint density at radius 2 is 1.66 bits per heavy atom. The SMILES string of the molecule is COc1ccc(OCCNc2cc(N3CCCC3)nc(-c3ccccc3)n2)cc1. The summed E-state index contributed by atoms with van der Waals surface area (Å²) in [6, 6.07) is 19.7. The molecule has 1 aliphatic rings. The van der Waals surface area contributed by atoms with E-state index in [4.69, 9.17) is 19.4 Å². The lowest BCUT2D eigenvalue weighted by atomic mass is 10.2. The Balaban J connectivity index is 1.43. The molecule has 6 heteroatoms. The van der Waals surface area contributed by atoms with Gasteiger partial charge in [-0.25, -0.2) is 9.97 Å². The van der Waals surface area contributed by atoms with Gasteiger partial charge in [0.2, 0.25) is 0 Å². The summed E-state index contributed by atoms with van der Waals surface area (Å²) in [5, 5.41) is 3.38. The molecule has 0 bridgehead atoms. The molecule has 1 N–H and O–H groups in total. The molecule has 1 saturated heterocycles. The molecule has 3 aromatic rings. The van der Waals surface area contributed by atoms with E-state index in [2.05, 4.69) is 10.2 Å². The normalized spacial score (nSPS) is 13.3. The first-order valence-electron chi connectivity index (χ1n) is 10.0. The molecule has 1 fully saturated rings. The largest absolute Gasteiger partial charge is 0.497 e. The van der Waals surface area contributed by atoms with Crippen molar-refractivity contribution in [2.45, 2.75) is 12.8 Å². The van der Waals surface area contributed by atoms with Crippen LogP contribution in [0.1, 0.15) is 12.8 Å². The summed E-state index contributed by atoms with van der Waals surface area (Å²) in [5.74, 6) is 4.18. The van der Waals surface area contributed by atoms with Gasteiger partial charge in [0.25, 0.3) is 0 Å². The Morgan fingerprint density at radius 1 is 0.931 bits per heavy atom. The first-order valence-corrected chi connectivity index (χ1v) is 10.0. The zero-order valence-electron chi connectivity index (χ0n) is 16.7. The first kappa shape index (κ1) is 19.1. The smallest absolute Gasteiger partial charge is 0.163 e. The van der Waals surface area contributed by atoms with Gasteiger partial charge in [-0.2, -0.15) is 0 Å². The molecule has 4 rings (SSSR count). The van der Waals surface area contributed by atoms with E-state index in [1.807, 2.05) is 60.7 Å². The fourth-order valence-corrected chi connectivity index (χ4v) is 3.37. The van der Waals surface area contributed by atoms with Crippen LogP contribution in [0.3, 0.4) is 0 Å². The third-order valence-electron chi connectivity index (χ3n) is 4.91. The van der Waals surface area contributed by atoms with E-state index in [0.29, 0.717) is 13.2 Å². The topological polar surface area (TPSA) is 59.5 Å². The second kappa shape index (κ2) is 9.28. The van der Waals surface area contributed by atoms with Gasteiger partial charge >= 0.3 is 0 Å². The Hall–Kier alpha value is -3.28. The Morgan fingerprint density at radius 3 is 2.38 bits per heavy atom. The molecule has 1 aromatic heterocycles. The quantitative estimate of drug-likeness (QED) is 0.581. The lowest BCUT2D eigenvalue weighted by Crippen LogP contribution is -2.20. The fraction of sp³-hybridized carbons (Fsp3) is 0.304. The van der Waals surface area contributed by atoms with Gasteiger partial charge in [0.15, 0.2) is 5.82 Å². The Kier molecular flexibility index (Phi) is 6.10. The summed E-state index contributed by atoms with van der Waals surface area (Å²) in [6.07, 6.45) is 2.42. The van der Waals surface area contributed by atoms with Crippen molar-refractivity contribution >= 4 is 11.6 Å². The summed E-state index contributed by atoms with van der Waals surface area (Å²) in [6.45, 7) is 3.28. The molecule has 0 saturated carbocycles. The van der Waals surface area contributed by atoms with Gasteiger partial charge in [0.05, 0.1) is 13.7 Å². The fourth-order valence-electron chi connectivity index (χ4n) is 3.37. The number of hydrogen-bond donors (Lipinski definition) is 1. The monoisotopic (exact) mass is 390 g/mol. The van der Waals surface area contributed by atoms with Crippen molar-refractivity contribution in [1.29, 1.82) is 0 Å². The van der Waals surface area contributed by atoms with Crippen LogP contribution in [-0.4, -0.2) is 43.3 Å². The van der Waals surface area contributed by atoms with Crippen LogP contribution < -0.4 is 19.7 Å². The summed E-state index contributed by atoms with van der Waals surface area (Å²) >= 11 is 0. The maximum atomic E-state index is 5.80. The lowest BCUT2D eigenvalue weighted by Gasteiger charge is -2.18. The van der Waals surface area contributed by atoms with Gasteiger partial charge in [-0.15, -0.1) is 0 Å². The van der Waals surface area contributed by atoms with Crippen LogP contribution in [0.2, 0.25) is 0 Å². The third-order valence-corrected chi connectivity index (χ3v) is 4.91. The minimum absolute atomic E-state index is 0.538. The average Bonchev–Trinajstić information content (AvgIpc) is 3.33. The molecule has 0 amide bonds. The number of methoxy groups -OCH3 is 1. The van der Waals surface area contributed by atoms with Crippen molar-refractivity contribution in [1.82, 2.24) is 9.97 Å². The Bertz CT molecular complexity index is 910. The van der Waals surface area contributed by atoms with Crippen molar-refractivity contribution in [2.24, 2.45) is 0 Å². The van der Waals surface area contributed by atoms with Crippen molar-refractivity contribution < 1.29 is 9.47 Å². The van der Waals surface area contributed by atoms with E-state index in [1.165, 1.54) is 12.8 Å². The highest BCUT2D eigenvalue weighted by molar-refractivity contribution is 5.62. The first-order chi connectivity index (χ1) is 14.3. The van der Waals surface area contributed by atoms with Crippen molar-refractivity contribution in [3.05, 3.63) is 60.7 Å². The lowest BCUT2D eigenvalue weighted by molar-refractivity contribution is 0.331. The standard InChI is InChI=1S/C23H26N4O2/c1-28-19-9-11-20(12-10-19)29-16-13-24-21-17-22(27-14-5-6-15-27)26-23(25-21)18-7-3-2-4-8-18/h2-4,7-12,17H,5-6,13-16H2,1H3,(H,24,25,26). The molecule has 0 spiro atoms. The van der Waals surface area contributed by atoms with Crippen molar-refractivity contribution in [3.8, 4) is 22.9 Å². The maximum absolute atomic E-state index is 5.80. The molecule has 150 valence electrons.